The summed E-state index contributed by atoms with van der Waals surface area (Å²) in [5.74, 6) is 1.70. The van der Waals surface area contributed by atoms with E-state index >= 15 is 0 Å². The summed E-state index contributed by atoms with van der Waals surface area (Å²) < 4.78 is 13.7. The average molecular weight is 552 g/mol. The third-order valence-electron chi connectivity index (χ3n) is 4.89. The van der Waals surface area contributed by atoms with Gasteiger partial charge in [0, 0.05) is 15.7 Å². The van der Waals surface area contributed by atoms with E-state index in [2.05, 4.69) is 36.7 Å². The number of para-hydroxylation sites is 1. The molecule has 0 bridgehead atoms. The number of hydrazone groups is 1. The van der Waals surface area contributed by atoms with E-state index in [-0.39, 0.29) is 11.7 Å². The molecule has 8 nitrogen and oxygen atoms in total. The molecule has 3 aromatic carbocycles. The van der Waals surface area contributed by atoms with E-state index in [1.807, 2.05) is 77.4 Å². The molecule has 0 fully saturated rings. The van der Waals surface area contributed by atoms with Gasteiger partial charge in [-0.3, -0.25) is 9.36 Å². The van der Waals surface area contributed by atoms with Gasteiger partial charge in [-0.2, -0.15) is 5.10 Å². The maximum Gasteiger partial charge on any atom is 0.250 e. The number of aromatic nitrogens is 3. The van der Waals surface area contributed by atoms with Crippen LogP contribution in [-0.4, -0.2) is 46.9 Å². The molecule has 0 saturated carbocycles. The van der Waals surface area contributed by atoms with E-state index in [0.717, 1.165) is 21.3 Å². The van der Waals surface area contributed by atoms with Gasteiger partial charge in [-0.25, -0.2) is 5.43 Å². The van der Waals surface area contributed by atoms with Crippen molar-refractivity contribution in [2.24, 2.45) is 5.10 Å². The highest BCUT2D eigenvalue weighted by Gasteiger charge is 2.18. The summed E-state index contributed by atoms with van der Waals surface area (Å²) in [4.78, 5) is 12.4. The van der Waals surface area contributed by atoms with Crippen LogP contribution in [0.4, 0.5) is 0 Å². The van der Waals surface area contributed by atoms with Crippen molar-refractivity contribution in [3.8, 4) is 28.6 Å². The summed E-state index contributed by atoms with van der Waals surface area (Å²) in [6.45, 7) is 0. The SMILES string of the molecule is COc1ccc(-c2nnc(SCC(=O)N/N=C/c3ccc(Br)cc3)n2-c2ccccc2)cc1OC. The van der Waals surface area contributed by atoms with Gasteiger partial charge in [0.2, 0.25) is 0 Å². The van der Waals surface area contributed by atoms with Crippen LogP contribution in [0.3, 0.4) is 0 Å². The van der Waals surface area contributed by atoms with E-state index in [1.165, 1.54) is 11.8 Å². The van der Waals surface area contributed by atoms with E-state index in [0.29, 0.717) is 22.5 Å². The second-order valence-corrected chi connectivity index (χ2v) is 9.04. The van der Waals surface area contributed by atoms with Crippen LogP contribution in [0, 0.1) is 0 Å². The number of methoxy groups -OCH3 is 2. The van der Waals surface area contributed by atoms with Crippen LogP contribution in [0.2, 0.25) is 0 Å². The van der Waals surface area contributed by atoms with Crippen molar-refractivity contribution in [3.63, 3.8) is 0 Å². The lowest BCUT2D eigenvalue weighted by molar-refractivity contribution is -0.118. The van der Waals surface area contributed by atoms with Gasteiger partial charge in [0.05, 0.1) is 26.2 Å². The number of nitrogens with one attached hydrogen (secondary N) is 1. The molecule has 0 aliphatic rings. The van der Waals surface area contributed by atoms with Crippen molar-refractivity contribution in [3.05, 3.63) is 82.8 Å². The fourth-order valence-electron chi connectivity index (χ4n) is 3.23. The molecule has 0 unspecified atom stereocenters. The molecule has 178 valence electrons. The van der Waals surface area contributed by atoms with Crippen LogP contribution >= 0.6 is 27.7 Å². The number of halogens is 1. The van der Waals surface area contributed by atoms with E-state index in [1.54, 1.807) is 20.4 Å². The third-order valence-corrected chi connectivity index (χ3v) is 6.35. The minimum Gasteiger partial charge on any atom is -0.493 e. The van der Waals surface area contributed by atoms with Crippen molar-refractivity contribution < 1.29 is 14.3 Å². The minimum absolute atomic E-state index is 0.120. The Kier molecular flexibility index (Phi) is 8.17. The molecular formula is C25H22BrN5O3S. The fourth-order valence-corrected chi connectivity index (χ4v) is 4.23. The Morgan fingerprint density at radius 2 is 1.77 bits per heavy atom. The first kappa shape index (κ1) is 24.5. The van der Waals surface area contributed by atoms with E-state index in [9.17, 15) is 4.79 Å². The van der Waals surface area contributed by atoms with Gasteiger partial charge in [-0.05, 0) is 48.0 Å². The molecule has 35 heavy (non-hydrogen) atoms. The number of rotatable bonds is 9. The van der Waals surface area contributed by atoms with Gasteiger partial charge in [0.1, 0.15) is 0 Å². The Morgan fingerprint density at radius 3 is 2.49 bits per heavy atom. The number of nitrogens with zero attached hydrogens (tertiary/aromatic N) is 4. The lowest BCUT2D eigenvalue weighted by atomic mass is 10.2. The molecule has 0 aliphatic carbocycles. The smallest absolute Gasteiger partial charge is 0.250 e. The zero-order chi connectivity index (χ0) is 24.6. The number of hydrogen-bond donors (Lipinski definition) is 1. The number of amides is 1. The summed E-state index contributed by atoms with van der Waals surface area (Å²) >= 11 is 4.66. The largest absolute Gasteiger partial charge is 0.493 e. The second kappa shape index (κ2) is 11.7. The van der Waals surface area contributed by atoms with E-state index in [4.69, 9.17) is 9.47 Å². The summed E-state index contributed by atoms with van der Waals surface area (Å²) in [5, 5.41) is 13.4. The maximum atomic E-state index is 12.4. The zero-order valence-corrected chi connectivity index (χ0v) is 21.4. The third kappa shape index (κ3) is 6.09. The molecule has 10 heteroatoms. The number of hydrogen-bond acceptors (Lipinski definition) is 7. The molecule has 0 aliphatic heterocycles. The molecule has 0 atom stereocenters. The van der Waals surface area contributed by atoms with Crippen LogP contribution in [0.1, 0.15) is 5.56 Å². The number of carbonyl (C=O) groups excluding carboxylic acids is 1. The van der Waals surface area contributed by atoms with Crippen molar-refractivity contribution in [1.29, 1.82) is 0 Å². The number of thioether (sulfide) groups is 1. The van der Waals surface area contributed by atoms with Crippen molar-refractivity contribution in [1.82, 2.24) is 20.2 Å². The van der Waals surface area contributed by atoms with Crippen molar-refractivity contribution in [2.45, 2.75) is 5.16 Å². The lowest BCUT2D eigenvalue weighted by Gasteiger charge is -2.12. The summed E-state index contributed by atoms with van der Waals surface area (Å²) in [5.41, 5.74) is 5.10. The first-order valence-corrected chi connectivity index (χ1v) is 12.3. The van der Waals surface area contributed by atoms with Gasteiger partial charge >= 0.3 is 0 Å². The molecule has 4 rings (SSSR count). The average Bonchev–Trinajstić information content (AvgIpc) is 3.32. The Labute approximate surface area is 215 Å². The number of benzene rings is 3. The van der Waals surface area contributed by atoms with Gasteiger partial charge in [0.15, 0.2) is 22.5 Å². The van der Waals surface area contributed by atoms with Gasteiger partial charge in [0.25, 0.3) is 5.91 Å². The van der Waals surface area contributed by atoms with Crippen LogP contribution in [-0.2, 0) is 4.79 Å². The standard InChI is InChI=1S/C25H22BrN5O3S/c1-33-21-13-10-18(14-22(21)34-2)24-29-30-25(31(24)20-6-4-3-5-7-20)35-16-23(32)28-27-15-17-8-11-19(26)12-9-17/h3-15H,16H2,1-2H3,(H,28,32)/b27-15+. The first-order chi connectivity index (χ1) is 17.1. The van der Waals surface area contributed by atoms with Gasteiger partial charge in [-0.1, -0.05) is 58.0 Å². The Bertz CT molecular complexity index is 1330. The summed E-state index contributed by atoms with van der Waals surface area (Å²) in [7, 11) is 3.18. The quantitative estimate of drug-likeness (QED) is 0.180. The highest BCUT2D eigenvalue weighted by atomic mass is 79.9. The molecule has 4 aromatic rings. The first-order valence-electron chi connectivity index (χ1n) is 10.5. The number of carbonyl (C=O) groups is 1. The molecule has 0 radical (unpaired) electrons. The fraction of sp³-hybridized carbons (Fsp3) is 0.120. The monoisotopic (exact) mass is 551 g/mol. The molecule has 1 amide bonds. The lowest BCUT2D eigenvalue weighted by Crippen LogP contribution is -2.20. The van der Waals surface area contributed by atoms with Crippen LogP contribution in [0.15, 0.2) is 87.5 Å². The van der Waals surface area contributed by atoms with Crippen molar-refractivity contribution in [2.75, 3.05) is 20.0 Å². The predicted molar refractivity (Wildman–Crippen MR) is 141 cm³/mol. The van der Waals surface area contributed by atoms with E-state index < -0.39 is 0 Å². The Morgan fingerprint density at radius 1 is 1.03 bits per heavy atom. The van der Waals surface area contributed by atoms with Gasteiger partial charge in [-0.15, -0.1) is 10.2 Å². The summed E-state index contributed by atoms with van der Waals surface area (Å²) in [6.07, 6.45) is 1.59. The van der Waals surface area contributed by atoms with Crippen molar-refractivity contribution >= 4 is 39.8 Å². The topological polar surface area (TPSA) is 90.6 Å². The highest BCUT2D eigenvalue weighted by Crippen LogP contribution is 2.34. The summed E-state index contributed by atoms with van der Waals surface area (Å²) in [6, 6.07) is 22.9. The highest BCUT2D eigenvalue weighted by molar-refractivity contribution is 9.10. The second-order valence-electron chi connectivity index (χ2n) is 7.18. The molecule has 1 N–H and O–H groups in total. The zero-order valence-electron chi connectivity index (χ0n) is 19.0. The van der Waals surface area contributed by atoms with Crippen LogP contribution < -0.4 is 14.9 Å². The molecule has 0 saturated heterocycles. The van der Waals surface area contributed by atoms with Crippen LogP contribution in [0.25, 0.3) is 17.1 Å². The number of ether oxygens (including phenoxy) is 2. The Hall–Kier alpha value is -3.63. The molecule has 1 aromatic heterocycles. The predicted octanol–water partition coefficient (Wildman–Crippen LogP) is 4.96. The molecule has 1 heterocycles. The molecular weight excluding hydrogens is 530 g/mol. The Balaban J connectivity index is 1.54. The molecule has 0 spiro atoms. The van der Waals surface area contributed by atoms with Gasteiger partial charge < -0.3 is 9.47 Å². The van der Waals surface area contributed by atoms with Crippen LogP contribution in [0.5, 0.6) is 11.5 Å². The maximum absolute atomic E-state index is 12.4. The minimum atomic E-state index is -0.251. The normalized spacial score (nSPS) is 10.9.